The van der Waals surface area contributed by atoms with Crippen molar-refractivity contribution < 1.29 is 9.90 Å². The Balaban J connectivity index is 2.27. The van der Waals surface area contributed by atoms with Crippen molar-refractivity contribution in [3.63, 3.8) is 0 Å². The number of aromatic carboxylic acids is 1. The minimum Gasteiger partial charge on any atom is -0.478 e. The van der Waals surface area contributed by atoms with E-state index in [-0.39, 0.29) is 6.04 Å². The van der Waals surface area contributed by atoms with Crippen LogP contribution in [0, 0.1) is 5.92 Å². The molecule has 1 fully saturated rings. The number of hydrogen-bond acceptors (Lipinski definition) is 3. The number of nitrogens with two attached hydrogens (primary N) is 1. The summed E-state index contributed by atoms with van der Waals surface area (Å²) in [6.07, 6.45) is 2.21. The van der Waals surface area contributed by atoms with E-state index in [1.54, 1.807) is 18.2 Å². The van der Waals surface area contributed by atoms with Crippen LogP contribution in [0.5, 0.6) is 0 Å². The topological polar surface area (TPSA) is 75.4 Å². The minimum atomic E-state index is -0.884. The molecule has 4 heteroatoms. The zero-order chi connectivity index (χ0) is 13.1. The van der Waals surface area contributed by atoms with Gasteiger partial charge in [0.2, 0.25) is 0 Å². The number of rotatable bonds is 3. The normalized spacial score (nSPS) is 28.0. The Hall–Kier alpha value is -1.39. The van der Waals surface area contributed by atoms with Crippen LogP contribution in [0.3, 0.4) is 0 Å². The zero-order valence-corrected chi connectivity index (χ0v) is 10.6. The molecule has 0 saturated carbocycles. The second-order valence-electron chi connectivity index (χ2n) is 5.05. The summed E-state index contributed by atoms with van der Waals surface area (Å²) in [7, 11) is 0. The molecule has 1 aliphatic heterocycles. The first-order valence-electron chi connectivity index (χ1n) is 6.41. The second-order valence-corrected chi connectivity index (χ2v) is 5.05. The molecule has 1 aliphatic rings. The lowest BCUT2D eigenvalue weighted by Crippen LogP contribution is -2.42. The number of benzene rings is 1. The summed E-state index contributed by atoms with van der Waals surface area (Å²) in [5.41, 5.74) is 7.18. The number of hydrogen-bond donors (Lipinski definition) is 3. The van der Waals surface area contributed by atoms with Crippen molar-refractivity contribution in [2.24, 2.45) is 11.7 Å². The fourth-order valence-electron chi connectivity index (χ4n) is 2.64. The molecule has 0 aromatic heterocycles. The van der Waals surface area contributed by atoms with Gasteiger partial charge < -0.3 is 16.2 Å². The summed E-state index contributed by atoms with van der Waals surface area (Å²) in [4.78, 5) is 11.0. The van der Waals surface area contributed by atoms with Crippen LogP contribution in [0.1, 0.15) is 41.7 Å². The van der Waals surface area contributed by atoms with Crippen molar-refractivity contribution in [3.05, 3.63) is 35.4 Å². The maximum atomic E-state index is 11.0. The maximum absolute atomic E-state index is 11.0. The molecule has 1 aromatic carbocycles. The van der Waals surface area contributed by atoms with E-state index in [4.69, 9.17) is 10.8 Å². The summed E-state index contributed by atoms with van der Waals surface area (Å²) in [6.45, 7) is 2.78. The van der Waals surface area contributed by atoms with E-state index < -0.39 is 5.97 Å². The van der Waals surface area contributed by atoms with Crippen molar-refractivity contribution >= 4 is 5.97 Å². The standard InChI is InChI=1S/C14H20N2O2/c1-9-5-6-12(8-15)13(16-9)10-3-2-4-11(7-10)14(17)18/h2-4,7,9,12-13,16H,5-6,8,15H2,1H3,(H,17,18). The molecule has 0 spiro atoms. The summed E-state index contributed by atoms with van der Waals surface area (Å²) >= 11 is 0. The van der Waals surface area contributed by atoms with Crippen molar-refractivity contribution in [2.75, 3.05) is 6.54 Å². The van der Waals surface area contributed by atoms with E-state index in [1.807, 2.05) is 6.07 Å². The Bertz CT molecular complexity index is 434. The second kappa shape index (κ2) is 5.50. The molecular formula is C14H20N2O2. The molecule has 1 heterocycles. The third-order valence-electron chi connectivity index (χ3n) is 3.70. The lowest BCUT2D eigenvalue weighted by Gasteiger charge is -2.36. The largest absolute Gasteiger partial charge is 0.478 e. The van der Waals surface area contributed by atoms with E-state index in [1.165, 1.54) is 0 Å². The molecular weight excluding hydrogens is 228 g/mol. The Morgan fingerprint density at radius 1 is 1.50 bits per heavy atom. The lowest BCUT2D eigenvalue weighted by atomic mass is 9.83. The minimum absolute atomic E-state index is 0.165. The van der Waals surface area contributed by atoms with Crippen LogP contribution in [0.2, 0.25) is 0 Å². The van der Waals surface area contributed by atoms with E-state index in [0.717, 1.165) is 18.4 Å². The van der Waals surface area contributed by atoms with E-state index >= 15 is 0 Å². The van der Waals surface area contributed by atoms with Crippen LogP contribution in [0.4, 0.5) is 0 Å². The van der Waals surface area contributed by atoms with Crippen LogP contribution in [-0.4, -0.2) is 23.7 Å². The number of carboxylic acids is 1. The van der Waals surface area contributed by atoms with Gasteiger partial charge in [-0.25, -0.2) is 4.79 Å². The first-order chi connectivity index (χ1) is 8.61. The van der Waals surface area contributed by atoms with Gasteiger partial charge in [0, 0.05) is 12.1 Å². The van der Waals surface area contributed by atoms with Crippen LogP contribution in [0.25, 0.3) is 0 Å². The molecule has 1 saturated heterocycles. The van der Waals surface area contributed by atoms with Crippen molar-refractivity contribution in [1.82, 2.24) is 5.32 Å². The van der Waals surface area contributed by atoms with Gasteiger partial charge in [-0.2, -0.15) is 0 Å². The molecule has 2 rings (SSSR count). The van der Waals surface area contributed by atoms with Gasteiger partial charge in [0.15, 0.2) is 0 Å². The summed E-state index contributed by atoms with van der Waals surface area (Å²) in [5.74, 6) is -0.504. The summed E-state index contributed by atoms with van der Waals surface area (Å²) in [6, 6.07) is 7.76. The van der Waals surface area contributed by atoms with Gasteiger partial charge in [-0.3, -0.25) is 0 Å². The molecule has 4 N–H and O–H groups in total. The fourth-order valence-corrected chi connectivity index (χ4v) is 2.64. The first kappa shape index (κ1) is 13.1. The van der Waals surface area contributed by atoms with E-state index in [0.29, 0.717) is 24.1 Å². The third kappa shape index (κ3) is 2.71. The highest BCUT2D eigenvalue weighted by Gasteiger charge is 2.28. The van der Waals surface area contributed by atoms with Gasteiger partial charge in [-0.1, -0.05) is 12.1 Å². The van der Waals surface area contributed by atoms with Gasteiger partial charge in [0.05, 0.1) is 5.56 Å². The molecule has 0 amide bonds. The van der Waals surface area contributed by atoms with Crippen LogP contribution >= 0.6 is 0 Å². The average molecular weight is 248 g/mol. The Morgan fingerprint density at radius 2 is 2.28 bits per heavy atom. The highest BCUT2D eigenvalue weighted by Crippen LogP contribution is 2.31. The van der Waals surface area contributed by atoms with Crippen LogP contribution in [-0.2, 0) is 0 Å². The monoisotopic (exact) mass is 248 g/mol. The SMILES string of the molecule is CC1CCC(CN)C(c2cccc(C(=O)O)c2)N1. The summed E-state index contributed by atoms with van der Waals surface area (Å²) in [5, 5.41) is 12.6. The van der Waals surface area contributed by atoms with Gasteiger partial charge in [0.1, 0.15) is 0 Å². The van der Waals surface area contributed by atoms with E-state index in [9.17, 15) is 4.79 Å². The number of carboxylic acid groups (broad SMARTS) is 1. The van der Waals surface area contributed by atoms with Crippen LogP contribution in [0.15, 0.2) is 24.3 Å². The highest BCUT2D eigenvalue weighted by atomic mass is 16.4. The summed E-state index contributed by atoms with van der Waals surface area (Å²) < 4.78 is 0. The Kier molecular flexibility index (Phi) is 3.99. The predicted octanol–water partition coefficient (Wildman–Crippen LogP) is 1.77. The van der Waals surface area contributed by atoms with Gasteiger partial charge in [-0.05, 0) is 49.9 Å². The molecule has 3 unspecified atom stereocenters. The van der Waals surface area contributed by atoms with Gasteiger partial charge in [0.25, 0.3) is 0 Å². The zero-order valence-electron chi connectivity index (χ0n) is 10.6. The Labute approximate surface area is 107 Å². The van der Waals surface area contributed by atoms with Gasteiger partial charge >= 0.3 is 5.97 Å². The molecule has 3 atom stereocenters. The van der Waals surface area contributed by atoms with Crippen molar-refractivity contribution in [3.8, 4) is 0 Å². The van der Waals surface area contributed by atoms with Crippen molar-refractivity contribution in [2.45, 2.75) is 31.8 Å². The molecule has 0 aliphatic carbocycles. The molecule has 18 heavy (non-hydrogen) atoms. The lowest BCUT2D eigenvalue weighted by molar-refractivity contribution is 0.0696. The maximum Gasteiger partial charge on any atom is 0.335 e. The van der Waals surface area contributed by atoms with Crippen LogP contribution < -0.4 is 11.1 Å². The molecule has 1 aromatic rings. The predicted molar refractivity (Wildman–Crippen MR) is 70.5 cm³/mol. The molecule has 0 radical (unpaired) electrons. The average Bonchev–Trinajstić information content (AvgIpc) is 2.39. The smallest absolute Gasteiger partial charge is 0.335 e. The number of carbonyl (C=O) groups is 1. The van der Waals surface area contributed by atoms with E-state index in [2.05, 4.69) is 12.2 Å². The Morgan fingerprint density at radius 3 is 2.94 bits per heavy atom. The molecule has 4 nitrogen and oxygen atoms in total. The van der Waals surface area contributed by atoms with Gasteiger partial charge in [-0.15, -0.1) is 0 Å². The molecule has 0 bridgehead atoms. The molecule has 98 valence electrons. The quantitative estimate of drug-likeness (QED) is 0.762. The van der Waals surface area contributed by atoms with Crippen molar-refractivity contribution in [1.29, 1.82) is 0 Å². The third-order valence-corrected chi connectivity index (χ3v) is 3.70. The first-order valence-corrected chi connectivity index (χ1v) is 6.41. The number of piperidine rings is 1. The highest BCUT2D eigenvalue weighted by molar-refractivity contribution is 5.87. The fraction of sp³-hybridized carbons (Fsp3) is 0.500. The number of nitrogens with one attached hydrogen (secondary N) is 1.